The molecule has 0 saturated carbocycles. The maximum absolute atomic E-state index is 11.4. The lowest BCUT2D eigenvalue weighted by Gasteiger charge is -2.07. The first-order chi connectivity index (χ1) is 9.70. The third-order valence-electron chi connectivity index (χ3n) is 3.34. The van der Waals surface area contributed by atoms with E-state index in [0.717, 1.165) is 23.2 Å². The fourth-order valence-corrected chi connectivity index (χ4v) is 2.78. The first-order valence-corrected chi connectivity index (χ1v) is 8.57. The van der Waals surface area contributed by atoms with E-state index in [2.05, 4.69) is 27.9 Å². The van der Waals surface area contributed by atoms with Crippen LogP contribution in [0.25, 0.3) is 11.0 Å². The van der Waals surface area contributed by atoms with Gasteiger partial charge in [-0.15, -0.1) is 0 Å². The molecule has 0 bridgehead atoms. The third-order valence-corrected chi connectivity index (χ3v) is 4.10. The van der Waals surface area contributed by atoms with E-state index in [0.29, 0.717) is 5.58 Å². The molecule has 0 radical (unpaired) electrons. The van der Waals surface area contributed by atoms with Crippen LogP contribution >= 0.6 is 22.6 Å². The number of hydrogen-bond acceptors (Lipinski definition) is 3. The molecular formula is C16H20INO2. The highest BCUT2D eigenvalue weighted by atomic mass is 127. The Bertz CT molecular complexity index is 621. The van der Waals surface area contributed by atoms with Crippen molar-refractivity contribution in [3.63, 3.8) is 0 Å². The molecule has 0 aliphatic rings. The molecule has 0 fully saturated rings. The van der Waals surface area contributed by atoms with Gasteiger partial charge in [-0.05, 0) is 41.9 Å². The summed E-state index contributed by atoms with van der Waals surface area (Å²) >= 11 is 2.42. The minimum absolute atomic E-state index is 0.286. The molecule has 0 atom stereocenters. The molecule has 1 N–H and O–H groups in total. The Morgan fingerprint density at radius 3 is 2.75 bits per heavy atom. The van der Waals surface area contributed by atoms with Gasteiger partial charge in [0.05, 0.1) is 0 Å². The number of hydrogen-bond donors (Lipinski definition) is 1. The van der Waals surface area contributed by atoms with Crippen LogP contribution in [0.3, 0.4) is 0 Å². The zero-order chi connectivity index (χ0) is 14.4. The molecule has 108 valence electrons. The van der Waals surface area contributed by atoms with E-state index < -0.39 is 0 Å². The highest BCUT2D eigenvalue weighted by Crippen LogP contribution is 2.20. The molecular weight excluding hydrogens is 365 g/mol. The number of nitrogens with one attached hydrogen (secondary N) is 1. The van der Waals surface area contributed by atoms with Crippen molar-refractivity contribution in [1.29, 1.82) is 0 Å². The van der Waals surface area contributed by atoms with Gasteiger partial charge in [-0.2, -0.15) is 0 Å². The molecule has 4 heteroatoms. The Labute approximate surface area is 132 Å². The van der Waals surface area contributed by atoms with Gasteiger partial charge in [-0.1, -0.05) is 35.4 Å². The Hall–Kier alpha value is -1.04. The van der Waals surface area contributed by atoms with Crippen LogP contribution in [0.5, 0.6) is 0 Å². The SMILES string of the molecule is Cc1cc(=O)oc2cc(NCCCCCCI)ccc12. The molecule has 0 amide bonds. The Morgan fingerprint density at radius 2 is 1.95 bits per heavy atom. The zero-order valence-corrected chi connectivity index (χ0v) is 13.9. The van der Waals surface area contributed by atoms with Crippen LogP contribution in [0.15, 0.2) is 33.5 Å². The number of alkyl halides is 1. The summed E-state index contributed by atoms with van der Waals surface area (Å²) in [7, 11) is 0. The molecule has 0 unspecified atom stereocenters. The van der Waals surface area contributed by atoms with E-state index in [1.165, 1.54) is 36.2 Å². The Morgan fingerprint density at radius 1 is 1.15 bits per heavy atom. The van der Waals surface area contributed by atoms with Crippen LogP contribution in [-0.4, -0.2) is 11.0 Å². The van der Waals surface area contributed by atoms with Crippen LogP contribution in [0.2, 0.25) is 0 Å². The summed E-state index contributed by atoms with van der Waals surface area (Å²) in [4.78, 5) is 11.4. The second-order valence-corrected chi connectivity index (χ2v) is 6.07. The van der Waals surface area contributed by atoms with E-state index in [4.69, 9.17) is 4.42 Å². The predicted molar refractivity (Wildman–Crippen MR) is 93.1 cm³/mol. The van der Waals surface area contributed by atoms with Crippen molar-refractivity contribution in [2.45, 2.75) is 32.6 Å². The number of rotatable bonds is 7. The molecule has 1 heterocycles. The maximum Gasteiger partial charge on any atom is 0.336 e. The summed E-state index contributed by atoms with van der Waals surface area (Å²) in [5.41, 5.74) is 2.35. The molecule has 3 nitrogen and oxygen atoms in total. The number of aryl methyl sites for hydroxylation is 1. The van der Waals surface area contributed by atoms with Crippen LogP contribution in [0.4, 0.5) is 5.69 Å². The minimum atomic E-state index is -0.286. The van der Waals surface area contributed by atoms with E-state index in [1.54, 1.807) is 0 Å². The molecule has 2 rings (SSSR count). The Balaban J connectivity index is 1.96. The fourth-order valence-electron chi connectivity index (χ4n) is 2.24. The summed E-state index contributed by atoms with van der Waals surface area (Å²) in [5, 5.41) is 4.39. The molecule has 2 aromatic rings. The molecule has 1 aromatic heterocycles. The lowest BCUT2D eigenvalue weighted by molar-refractivity contribution is 0.560. The van der Waals surface area contributed by atoms with Crippen LogP contribution in [0.1, 0.15) is 31.2 Å². The van der Waals surface area contributed by atoms with Gasteiger partial charge in [0.25, 0.3) is 0 Å². The van der Waals surface area contributed by atoms with Crippen molar-refractivity contribution >= 4 is 39.2 Å². The average Bonchev–Trinajstić information content (AvgIpc) is 2.42. The molecule has 1 aromatic carbocycles. The van der Waals surface area contributed by atoms with Gasteiger partial charge in [0.2, 0.25) is 0 Å². The number of benzene rings is 1. The second-order valence-electron chi connectivity index (χ2n) is 4.99. The van der Waals surface area contributed by atoms with E-state index in [1.807, 2.05) is 25.1 Å². The van der Waals surface area contributed by atoms with Gasteiger partial charge in [0, 0.05) is 29.8 Å². The van der Waals surface area contributed by atoms with Crippen molar-refractivity contribution in [3.05, 3.63) is 40.2 Å². The van der Waals surface area contributed by atoms with Gasteiger partial charge < -0.3 is 9.73 Å². The molecule has 0 saturated heterocycles. The highest BCUT2D eigenvalue weighted by Gasteiger charge is 2.03. The summed E-state index contributed by atoms with van der Waals surface area (Å²) in [6.07, 6.45) is 5.04. The number of anilines is 1. The number of unbranched alkanes of at least 4 members (excludes halogenated alkanes) is 3. The normalized spacial score (nSPS) is 10.9. The van der Waals surface area contributed by atoms with Gasteiger partial charge in [0.15, 0.2) is 0 Å². The zero-order valence-electron chi connectivity index (χ0n) is 11.7. The summed E-state index contributed by atoms with van der Waals surface area (Å²) < 4.78 is 6.49. The molecule has 0 spiro atoms. The largest absolute Gasteiger partial charge is 0.423 e. The fraction of sp³-hybridized carbons (Fsp3) is 0.438. The first-order valence-electron chi connectivity index (χ1n) is 7.05. The molecule has 20 heavy (non-hydrogen) atoms. The maximum atomic E-state index is 11.4. The smallest absolute Gasteiger partial charge is 0.336 e. The van der Waals surface area contributed by atoms with Crippen LogP contribution in [0, 0.1) is 6.92 Å². The average molecular weight is 385 g/mol. The van der Waals surface area contributed by atoms with Gasteiger partial charge in [-0.3, -0.25) is 0 Å². The lowest BCUT2D eigenvalue weighted by Crippen LogP contribution is -2.02. The minimum Gasteiger partial charge on any atom is -0.423 e. The van der Waals surface area contributed by atoms with Crippen molar-refractivity contribution in [2.24, 2.45) is 0 Å². The predicted octanol–water partition coefficient (Wildman–Crippen LogP) is 4.51. The molecule has 0 aliphatic carbocycles. The van der Waals surface area contributed by atoms with Crippen molar-refractivity contribution in [3.8, 4) is 0 Å². The van der Waals surface area contributed by atoms with Crippen LogP contribution < -0.4 is 10.9 Å². The summed E-state index contributed by atoms with van der Waals surface area (Å²) in [6, 6.07) is 7.49. The van der Waals surface area contributed by atoms with Crippen LogP contribution in [-0.2, 0) is 0 Å². The third kappa shape index (κ3) is 4.23. The first kappa shape index (κ1) is 15.4. The number of halogens is 1. The molecule has 0 aliphatic heterocycles. The highest BCUT2D eigenvalue weighted by molar-refractivity contribution is 14.1. The van der Waals surface area contributed by atoms with E-state index >= 15 is 0 Å². The van der Waals surface area contributed by atoms with Gasteiger partial charge in [-0.25, -0.2) is 4.79 Å². The van der Waals surface area contributed by atoms with E-state index in [-0.39, 0.29) is 5.63 Å². The topological polar surface area (TPSA) is 42.2 Å². The van der Waals surface area contributed by atoms with Crippen molar-refractivity contribution in [1.82, 2.24) is 0 Å². The standard InChI is InChI=1S/C16H20INO2/c1-12-10-16(19)20-15-11-13(6-7-14(12)15)18-9-5-3-2-4-8-17/h6-7,10-11,18H,2-5,8-9H2,1H3. The van der Waals surface area contributed by atoms with Gasteiger partial charge in [0.1, 0.15) is 5.58 Å². The van der Waals surface area contributed by atoms with Crippen molar-refractivity contribution < 1.29 is 4.42 Å². The summed E-state index contributed by atoms with van der Waals surface area (Å²) in [6.45, 7) is 2.89. The monoisotopic (exact) mass is 385 g/mol. The number of fused-ring (bicyclic) bond motifs is 1. The lowest BCUT2D eigenvalue weighted by atomic mass is 10.1. The second kappa shape index (κ2) is 7.67. The quantitative estimate of drug-likeness (QED) is 0.330. The Kier molecular flexibility index (Phi) is 5.88. The van der Waals surface area contributed by atoms with Crippen molar-refractivity contribution in [2.75, 3.05) is 16.3 Å². The summed E-state index contributed by atoms with van der Waals surface area (Å²) in [5.74, 6) is 0. The van der Waals surface area contributed by atoms with Gasteiger partial charge >= 0.3 is 5.63 Å². The van der Waals surface area contributed by atoms with E-state index in [9.17, 15) is 4.79 Å².